The second-order valence-electron chi connectivity index (χ2n) is 10.4. The van der Waals surface area contributed by atoms with Crippen LogP contribution in [0.4, 0.5) is 4.79 Å². The van der Waals surface area contributed by atoms with Gasteiger partial charge in [0.25, 0.3) is 0 Å². The molecule has 0 spiro atoms. The second kappa shape index (κ2) is 10.6. The van der Waals surface area contributed by atoms with E-state index in [-0.39, 0.29) is 17.2 Å². The Morgan fingerprint density at radius 3 is 2.07 bits per heavy atom. The van der Waals surface area contributed by atoms with Gasteiger partial charge in [0.15, 0.2) is 8.32 Å². The lowest BCUT2D eigenvalue weighted by Crippen LogP contribution is -2.52. The van der Waals surface area contributed by atoms with Gasteiger partial charge in [0.05, 0.1) is 12.1 Å². The Labute approximate surface area is 168 Å². The van der Waals surface area contributed by atoms with Gasteiger partial charge in [-0.2, -0.15) is 0 Å². The Hall–Kier alpha value is -0.883. The van der Waals surface area contributed by atoms with E-state index < -0.39 is 20.0 Å². The van der Waals surface area contributed by atoms with Gasteiger partial charge < -0.3 is 19.3 Å². The lowest BCUT2D eigenvalue weighted by molar-refractivity contribution is -0.108. The van der Waals surface area contributed by atoms with Crippen LogP contribution < -0.4 is 5.32 Å². The second-order valence-corrected chi connectivity index (χ2v) is 15.2. The third kappa shape index (κ3) is 10.9. The number of carbonyl (C=O) groups is 2. The van der Waals surface area contributed by atoms with Gasteiger partial charge in [-0.05, 0) is 64.1 Å². The van der Waals surface area contributed by atoms with E-state index in [1.165, 1.54) is 0 Å². The molecule has 0 aromatic carbocycles. The molecular formula is C21H43NO4Si. The molecule has 0 fully saturated rings. The summed E-state index contributed by atoms with van der Waals surface area (Å²) in [6.45, 7) is 20.9. The maximum atomic E-state index is 12.4. The van der Waals surface area contributed by atoms with Crippen LogP contribution in [0.5, 0.6) is 0 Å². The standard InChI is InChI=1S/C21H43NO4Si/c1-16(2)15-17(22-19(24)25-20(3,4)5)18(13-11-12-14-23)26-27(9,10)21(6,7)8/h14,16-18H,11-13,15H2,1-10H3,(H,22,24)/t17-,18?/m1/s1. The monoisotopic (exact) mass is 401 g/mol. The van der Waals surface area contributed by atoms with E-state index in [0.29, 0.717) is 12.3 Å². The van der Waals surface area contributed by atoms with Crippen molar-refractivity contribution in [3.63, 3.8) is 0 Å². The highest BCUT2D eigenvalue weighted by Gasteiger charge is 2.41. The van der Waals surface area contributed by atoms with Crippen molar-refractivity contribution in [2.24, 2.45) is 5.92 Å². The lowest BCUT2D eigenvalue weighted by Gasteiger charge is -2.42. The molecule has 0 radical (unpaired) electrons. The van der Waals surface area contributed by atoms with E-state index in [4.69, 9.17) is 9.16 Å². The summed E-state index contributed by atoms with van der Waals surface area (Å²) in [5.74, 6) is 0.404. The summed E-state index contributed by atoms with van der Waals surface area (Å²) in [6.07, 6.45) is 3.24. The third-order valence-electron chi connectivity index (χ3n) is 4.94. The first-order valence-electron chi connectivity index (χ1n) is 10.2. The molecule has 0 saturated carbocycles. The van der Waals surface area contributed by atoms with Crippen LogP contribution in [0.15, 0.2) is 0 Å². The van der Waals surface area contributed by atoms with Crippen LogP contribution >= 0.6 is 0 Å². The zero-order chi connectivity index (χ0) is 21.5. The molecule has 0 aromatic heterocycles. The number of alkyl carbamates (subject to hydrolysis) is 1. The fourth-order valence-electron chi connectivity index (χ4n) is 2.57. The molecule has 1 N–H and O–H groups in total. The van der Waals surface area contributed by atoms with Crippen LogP contribution in [0, 0.1) is 5.92 Å². The molecule has 6 heteroatoms. The minimum absolute atomic E-state index is 0.0736. The lowest BCUT2D eigenvalue weighted by atomic mass is 9.96. The molecule has 0 aliphatic carbocycles. The van der Waals surface area contributed by atoms with Crippen molar-refractivity contribution in [2.75, 3.05) is 0 Å². The first kappa shape index (κ1) is 26.1. The largest absolute Gasteiger partial charge is 0.444 e. The van der Waals surface area contributed by atoms with Crippen molar-refractivity contribution in [2.45, 2.75) is 117 Å². The Bertz CT molecular complexity index is 464. The Kier molecular flexibility index (Phi) is 10.3. The summed E-state index contributed by atoms with van der Waals surface area (Å²) in [6, 6.07) is -0.138. The molecule has 0 aliphatic rings. The van der Waals surface area contributed by atoms with Gasteiger partial charge in [-0.15, -0.1) is 0 Å². The normalized spacial score (nSPS) is 15.4. The number of hydrogen-bond acceptors (Lipinski definition) is 4. The Morgan fingerprint density at radius 2 is 1.67 bits per heavy atom. The van der Waals surface area contributed by atoms with Gasteiger partial charge in [-0.25, -0.2) is 4.79 Å². The molecule has 1 amide bonds. The number of ether oxygens (including phenoxy) is 1. The first-order chi connectivity index (χ1) is 12.1. The molecule has 0 bridgehead atoms. The van der Waals surface area contributed by atoms with E-state index in [0.717, 1.165) is 25.5 Å². The van der Waals surface area contributed by atoms with E-state index in [2.05, 4.69) is 53.0 Å². The van der Waals surface area contributed by atoms with Crippen LogP contribution in [0.2, 0.25) is 18.1 Å². The van der Waals surface area contributed by atoms with Crippen molar-refractivity contribution < 1.29 is 18.8 Å². The maximum Gasteiger partial charge on any atom is 0.407 e. The van der Waals surface area contributed by atoms with Crippen LogP contribution in [-0.2, 0) is 14.0 Å². The van der Waals surface area contributed by atoms with Crippen LogP contribution in [-0.4, -0.2) is 38.4 Å². The van der Waals surface area contributed by atoms with Crippen LogP contribution in [0.25, 0.3) is 0 Å². The predicted molar refractivity (Wildman–Crippen MR) is 115 cm³/mol. The molecule has 27 heavy (non-hydrogen) atoms. The van der Waals surface area contributed by atoms with Gasteiger partial charge in [-0.1, -0.05) is 34.6 Å². The fraction of sp³-hybridized carbons (Fsp3) is 0.905. The smallest absolute Gasteiger partial charge is 0.407 e. The summed E-state index contributed by atoms with van der Waals surface area (Å²) in [4.78, 5) is 23.2. The Morgan fingerprint density at radius 1 is 1.11 bits per heavy atom. The number of carbonyl (C=O) groups excluding carboxylic acids is 2. The molecule has 160 valence electrons. The quantitative estimate of drug-likeness (QED) is 0.290. The summed E-state index contributed by atoms with van der Waals surface area (Å²) in [5.41, 5.74) is -0.542. The van der Waals surface area contributed by atoms with E-state index in [1.54, 1.807) is 0 Å². The summed E-state index contributed by atoms with van der Waals surface area (Å²) < 4.78 is 12.2. The van der Waals surface area contributed by atoms with Gasteiger partial charge in [0.2, 0.25) is 0 Å². The average molecular weight is 402 g/mol. The highest BCUT2D eigenvalue weighted by molar-refractivity contribution is 6.74. The minimum atomic E-state index is -2.02. The van der Waals surface area contributed by atoms with E-state index >= 15 is 0 Å². The average Bonchev–Trinajstić information content (AvgIpc) is 2.41. The van der Waals surface area contributed by atoms with E-state index in [9.17, 15) is 9.59 Å². The van der Waals surface area contributed by atoms with Crippen molar-refractivity contribution in [3.8, 4) is 0 Å². The van der Waals surface area contributed by atoms with Crippen LogP contribution in [0.1, 0.15) is 81.1 Å². The summed E-state index contributed by atoms with van der Waals surface area (Å²) >= 11 is 0. The van der Waals surface area contributed by atoms with Crippen LogP contribution in [0.3, 0.4) is 0 Å². The van der Waals surface area contributed by atoms with Gasteiger partial charge >= 0.3 is 6.09 Å². The van der Waals surface area contributed by atoms with E-state index in [1.807, 2.05) is 20.8 Å². The van der Waals surface area contributed by atoms with Crippen molar-refractivity contribution in [1.82, 2.24) is 5.32 Å². The third-order valence-corrected chi connectivity index (χ3v) is 9.44. The highest BCUT2D eigenvalue weighted by Crippen LogP contribution is 2.38. The fourth-order valence-corrected chi connectivity index (χ4v) is 3.96. The van der Waals surface area contributed by atoms with Gasteiger partial charge in [-0.3, -0.25) is 0 Å². The molecule has 0 rings (SSSR count). The molecule has 0 heterocycles. The van der Waals surface area contributed by atoms with Gasteiger partial charge in [0.1, 0.15) is 11.9 Å². The number of aldehydes is 1. The molecule has 1 unspecified atom stereocenters. The number of amides is 1. The summed E-state index contributed by atoms with van der Waals surface area (Å²) in [7, 11) is -2.02. The van der Waals surface area contributed by atoms with Crippen molar-refractivity contribution in [3.05, 3.63) is 0 Å². The molecule has 5 nitrogen and oxygen atoms in total. The predicted octanol–water partition coefficient (Wildman–Crippen LogP) is 5.69. The zero-order valence-electron chi connectivity index (χ0n) is 19.3. The topological polar surface area (TPSA) is 64.6 Å². The number of unbranched alkanes of at least 4 members (excludes halogenated alkanes) is 1. The summed E-state index contributed by atoms with van der Waals surface area (Å²) in [5, 5.41) is 3.13. The molecule has 0 saturated heterocycles. The molecular weight excluding hydrogens is 358 g/mol. The van der Waals surface area contributed by atoms with Gasteiger partial charge in [0, 0.05) is 6.42 Å². The SMILES string of the molecule is CC(C)C[C@@H](NC(=O)OC(C)(C)C)C(CCCC=O)O[Si](C)(C)C(C)(C)C. The molecule has 2 atom stereocenters. The number of hydrogen-bond donors (Lipinski definition) is 1. The minimum Gasteiger partial charge on any atom is -0.444 e. The maximum absolute atomic E-state index is 12.4. The number of nitrogens with one attached hydrogen (secondary N) is 1. The zero-order valence-corrected chi connectivity index (χ0v) is 20.3. The van der Waals surface area contributed by atoms with Crippen molar-refractivity contribution >= 4 is 20.7 Å². The highest BCUT2D eigenvalue weighted by atomic mass is 28.4. The number of rotatable bonds is 10. The first-order valence-corrected chi connectivity index (χ1v) is 13.1. The Balaban J connectivity index is 5.49. The van der Waals surface area contributed by atoms with Crippen molar-refractivity contribution in [1.29, 1.82) is 0 Å². The molecule has 0 aliphatic heterocycles. The molecule has 0 aromatic rings.